The van der Waals surface area contributed by atoms with Crippen molar-refractivity contribution in [3.05, 3.63) is 0 Å². The van der Waals surface area contributed by atoms with Gasteiger partial charge in [0.15, 0.2) is 11.1 Å². The van der Waals surface area contributed by atoms with Crippen LogP contribution in [0, 0.1) is 0 Å². The van der Waals surface area contributed by atoms with E-state index in [2.05, 4.69) is 8.92 Å². The minimum atomic E-state index is -1.07. The van der Waals surface area contributed by atoms with Crippen LogP contribution in [0.25, 0.3) is 0 Å². The number of hydrogen-bond acceptors (Lipinski definition) is 4. The molecule has 62 valence electrons. The fourth-order valence-corrected chi connectivity index (χ4v) is 0. The molecule has 0 radical (unpaired) electrons. The summed E-state index contributed by atoms with van der Waals surface area (Å²) in [6.07, 6.45) is 1.47. The van der Waals surface area contributed by atoms with E-state index in [0.29, 0.717) is 0 Å². The quantitative estimate of drug-likeness (QED) is 0.521. The van der Waals surface area contributed by atoms with Crippen LogP contribution in [0.1, 0.15) is 6.92 Å². The van der Waals surface area contributed by atoms with Crippen LogP contribution in [0.4, 0.5) is 0 Å². The number of carbonyl (C=O) groups excluding carboxylic acids is 1. The van der Waals surface area contributed by atoms with Crippen molar-refractivity contribution < 1.29 is 17.9 Å². The van der Waals surface area contributed by atoms with E-state index in [0.717, 1.165) is 0 Å². The Hall–Kier alpha value is -0.420. The summed E-state index contributed by atoms with van der Waals surface area (Å²) in [5.74, 6) is -0.245. The van der Waals surface area contributed by atoms with Crippen molar-refractivity contribution in [2.75, 3.05) is 20.5 Å². The van der Waals surface area contributed by atoms with Gasteiger partial charge in [-0.3, -0.25) is 8.98 Å². The molecule has 0 fully saturated rings. The van der Waals surface area contributed by atoms with E-state index in [1.54, 1.807) is 0 Å². The van der Waals surface area contributed by atoms with Crippen molar-refractivity contribution in [3.8, 4) is 0 Å². The first-order chi connectivity index (χ1) is 4.54. The Morgan fingerprint density at radius 1 is 1.40 bits per heavy atom. The number of esters is 1. The molecule has 5 heteroatoms. The van der Waals surface area contributed by atoms with Crippen molar-refractivity contribution in [3.63, 3.8) is 0 Å². The van der Waals surface area contributed by atoms with E-state index in [9.17, 15) is 9.00 Å². The van der Waals surface area contributed by atoms with Gasteiger partial charge in [0.05, 0.1) is 14.2 Å². The Morgan fingerprint density at radius 3 is 1.60 bits per heavy atom. The Labute approximate surface area is 63.2 Å². The summed E-state index contributed by atoms with van der Waals surface area (Å²) in [6.45, 7) is 1.36. The second-order valence-electron chi connectivity index (χ2n) is 1.26. The summed E-state index contributed by atoms with van der Waals surface area (Å²) in [6, 6.07) is 0. The molecule has 0 aromatic carbocycles. The minimum Gasteiger partial charge on any atom is -0.469 e. The minimum absolute atomic E-state index is 0.245. The van der Waals surface area contributed by atoms with Crippen molar-refractivity contribution in [2.45, 2.75) is 6.92 Å². The average molecular weight is 168 g/mol. The van der Waals surface area contributed by atoms with Crippen LogP contribution in [-0.4, -0.2) is 30.7 Å². The third-order valence-electron chi connectivity index (χ3n) is 0.522. The highest BCUT2D eigenvalue weighted by Gasteiger charge is 1.75. The van der Waals surface area contributed by atoms with E-state index in [1.165, 1.54) is 27.4 Å². The molecule has 0 saturated heterocycles. The fourth-order valence-electron chi connectivity index (χ4n) is 0. The molecule has 1 atom stereocenters. The zero-order valence-corrected chi connectivity index (χ0v) is 7.36. The number of ether oxygens (including phenoxy) is 1. The van der Waals surface area contributed by atoms with E-state index < -0.39 is 11.1 Å². The number of methoxy groups -OCH3 is 1. The summed E-state index contributed by atoms with van der Waals surface area (Å²) in [5.41, 5.74) is 0. The molecule has 0 rings (SSSR count). The van der Waals surface area contributed by atoms with Gasteiger partial charge in [0, 0.05) is 13.2 Å². The molecule has 0 amide bonds. The van der Waals surface area contributed by atoms with E-state index in [-0.39, 0.29) is 5.97 Å². The smallest absolute Gasteiger partial charge is 0.302 e. The van der Waals surface area contributed by atoms with Crippen LogP contribution >= 0.6 is 0 Å². The lowest BCUT2D eigenvalue weighted by Gasteiger charge is -1.80. The first-order valence-electron chi connectivity index (χ1n) is 2.47. The molecule has 0 aromatic heterocycles. The zero-order chi connectivity index (χ0) is 8.57. The summed E-state index contributed by atoms with van der Waals surface area (Å²) in [7, 11) is 2.75. The number of rotatable bonds is 1. The molecular weight excluding hydrogens is 156 g/mol. The third-order valence-corrected chi connectivity index (χ3v) is 0.992. The SMILES string of the molecule is COC(C)=O.COS(C)=O. The topological polar surface area (TPSA) is 52.6 Å². The summed E-state index contributed by atoms with van der Waals surface area (Å²) >= 11 is -1.07. The highest BCUT2D eigenvalue weighted by molar-refractivity contribution is 7.79. The van der Waals surface area contributed by atoms with Crippen LogP contribution in [0.5, 0.6) is 0 Å². The molecule has 0 saturated carbocycles. The van der Waals surface area contributed by atoms with Crippen LogP contribution in [0.2, 0.25) is 0 Å². The molecule has 1 unspecified atom stereocenters. The maximum atomic E-state index is 9.70. The van der Waals surface area contributed by atoms with Crippen molar-refractivity contribution in [1.29, 1.82) is 0 Å². The van der Waals surface area contributed by atoms with Crippen LogP contribution in [0.3, 0.4) is 0 Å². The van der Waals surface area contributed by atoms with Gasteiger partial charge in [-0.2, -0.15) is 0 Å². The van der Waals surface area contributed by atoms with Gasteiger partial charge in [0.2, 0.25) is 0 Å². The molecule has 0 aromatic rings. The summed E-state index contributed by atoms with van der Waals surface area (Å²) in [4.78, 5) is 9.59. The standard InChI is InChI=1S/C3H6O2.C2H6O2S/c1-3(4)5-2;1-4-5(2)3/h2*1-2H3. The Balaban J connectivity index is 0. The largest absolute Gasteiger partial charge is 0.469 e. The molecule has 10 heavy (non-hydrogen) atoms. The Kier molecular flexibility index (Phi) is 10.5. The average Bonchev–Trinajstić information content (AvgIpc) is 1.89. The van der Waals surface area contributed by atoms with E-state index in [1.807, 2.05) is 0 Å². The van der Waals surface area contributed by atoms with Crippen LogP contribution in [-0.2, 0) is 24.8 Å². The van der Waals surface area contributed by atoms with Gasteiger partial charge in [-0.15, -0.1) is 0 Å². The van der Waals surface area contributed by atoms with Crippen molar-refractivity contribution >= 4 is 17.0 Å². The van der Waals surface area contributed by atoms with Crippen LogP contribution in [0.15, 0.2) is 0 Å². The molecule has 4 nitrogen and oxygen atoms in total. The van der Waals surface area contributed by atoms with Gasteiger partial charge < -0.3 is 4.74 Å². The van der Waals surface area contributed by atoms with Crippen LogP contribution < -0.4 is 0 Å². The maximum absolute atomic E-state index is 9.70. The molecule has 0 bridgehead atoms. The fraction of sp³-hybridized carbons (Fsp3) is 0.800. The van der Waals surface area contributed by atoms with Gasteiger partial charge in [-0.1, -0.05) is 0 Å². The lowest BCUT2D eigenvalue weighted by Crippen LogP contribution is -1.88. The van der Waals surface area contributed by atoms with E-state index in [4.69, 9.17) is 0 Å². The van der Waals surface area contributed by atoms with Crippen molar-refractivity contribution in [1.82, 2.24) is 0 Å². The van der Waals surface area contributed by atoms with Gasteiger partial charge in [-0.05, 0) is 0 Å². The Morgan fingerprint density at radius 2 is 1.60 bits per heavy atom. The first-order valence-corrected chi connectivity index (χ1v) is 3.95. The zero-order valence-electron chi connectivity index (χ0n) is 6.54. The summed E-state index contributed by atoms with van der Waals surface area (Å²) in [5, 5.41) is 0. The Bertz CT molecular complexity index is 98.2. The predicted molar refractivity (Wildman–Crippen MR) is 38.8 cm³/mol. The molecule has 0 heterocycles. The lowest BCUT2D eigenvalue weighted by atomic mass is 10.8. The second-order valence-corrected chi connectivity index (χ2v) is 2.40. The van der Waals surface area contributed by atoms with E-state index >= 15 is 0 Å². The van der Waals surface area contributed by atoms with Gasteiger partial charge in [-0.25, -0.2) is 4.21 Å². The second kappa shape index (κ2) is 8.58. The maximum Gasteiger partial charge on any atom is 0.302 e. The summed E-state index contributed by atoms with van der Waals surface area (Å²) < 4.78 is 18.0. The normalized spacial score (nSPS) is 10.8. The highest BCUT2D eigenvalue weighted by atomic mass is 32.2. The number of hydrogen-bond donors (Lipinski definition) is 0. The predicted octanol–water partition coefficient (Wildman–Crippen LogP) is 0.106. The monoisotopic (exact) mass is 168 g/mol. The molecular formula is C5H12O4S. The lowest BCUT2D eigenvalue weighted by molar-refractivity contribution is -0.137. The number of carbonyl (C=O) groups is 1. The molecule has 0 spiro atoms. The molecule has 0 N–H and O–H groups in total. The first kappa shape index (κ1) is 12.3. The van der Waals surface area contributed by atoms with Crippen molar-refractivity contribution in [2.24, 2.45) is 0 Å². The third kappa shape index (κ3) is 25.6. The molecule has 0 aliphatic rings. The highest BCUT2D eigenvalue weighted by Crippen LogP contribution is 1.65. The van der Waals surface area contributed by atoms with Gasteiger partial charge in [0.25, 0.3) is 0 Å². The van der Waals surface area contributed by atoms with Gasteiger partial charge >= 0.3 is 5.97 Å². The van der Waals surface area contributed by atoms with Gasteiger partial charge in [0.1, 0.15) is 0 Å². The molecule has 0 aliphatic carbocycles. The molecule has 0 aliphatic heterocycles.